The molecule has 0 saturated heterocycles. The van der Waals surface area contributed by atoms with Crippen LogP contribution >= 0.6 is 11.8 Å². The summed E-state index contributed by atoms with van der Waals surface area (Å²) in [5.74, 6) is 1.46. The molecule has 0 aromatic heterocycles. The number of hydrogen-bond acceptors (Lipinski definition) is 3. The highest BCUT2D eigenvalue weighted by Crippen LogP contribution is 2.11. The van der Waals surface area contributed by atoms with Gasteiger partial charge in [0.2, 0.25) is 5.91 Å². The van der Waals surface area contributed by atoms with E-state index in [4.69, 9.17) is 0 Å². The van der Waals surface area contributed by atoms with Crippen LogP contribution in [0.15, 0.2) is 24.3 Å². The average Bonchev–Trinajstić information content (AvgIpc) is 2.37. The second-order valence-corrected chi connectivity index (χ2v) is 5.59. The number of nitrogens with one attached hydrogen (secondary N) is 1. The van der Waals surface area contributed by atoms with Gasteiger partial charge in [0.05, 0.1) is 6.42 Å². The number of aromatic hydroxyl groups is 1. The first-order valence-corrected chi connectivity index (χ1v) is 8.15. The fourth-order valence-corrected chi connectivity index (χ4v) is 2.36. The first-order valence-electron chi connectivity index (χ1n) is 6.76. The second kappa shape index (κ2) is 9.73. The molecule has 0 saturated carbocycles. The van der Waals surface area contributed by atoms with Gasteiger partial charge in [-0.3, -0.25) is 4.79 Å². The molecule has 0 unspecified atom stereocenters. The summed E-state index contributed by atoms with van der Waals surface area (Å²) in [6.45, 7) is 0.747. The molecule has 0 radical (unpaired) electrons. The van der Waals surface area contributed by atoms with Crippen molar-refractivity contribution in [3.8, 4) is 5.75 Å². The van der Waals surface area contributed by atoms with Gasteiger partial charge in [0.25, 0.3) is 0 Å². The van der Waals surface area contributed by atoms with E-state index < -0.39 is 0 Å². The van der Waals surface area contributed by atoms with Crippen molar-refractivity contribution in [1.82, 2.24) is 5.32 Å². The summed E-state index contributed by atoms with van der Waals surface area (Å²) >= 11 is 1.88. The molecule has 1 aromatic rings. The average molecular weight is 281 g/mol. The van der Waals surface area contributed by atoms with Crippen molar-refractivity contribution in [2.24, 2.45) is 0 Å². The van der Waals surface area contributed by atoms with E-state index in [1.54, 1.807) is 18.2 Å². The molecule has 0 bridgehead atoms. The number of phenols is 1. The molecule has 1 amide bonds. The summed E-state index contributed by atoms with van der Waals surface area (Å²) < 4.78 is 0. The summed E-state index contributed by atoms with van der Waals surface area (Å²) in [5, 5.41) is 12.2. The Bertz CT molecular complexity index is 382. The number of carbonyl (C=O) groups is 1. The zero-order valence-corrected chi connectivity index (χ0v) is 12.3. The van der Waals surface area contributed by atoms with Crippen molar-refractivity contribution in [2.75, 3.05) is 18.6 Å². The first kappa shape index (κ1) is 15.9. The monoisotopic (exact) mass is 281 g/mol. The Balaban J connectivity index is 2.08. The summed E-state index contributed by atoms with van der Waals surface area (Å²) in [7, 11) is 0. The van der Waals surface area contributed by atoms with E-state index in [0.29, 0.717) is 6.42 Å². The zero-order valence-electron chi connectivity index (χ0n) is 11.5. The summed E-state index contributed by atoms with van der Waals surface area (Å²) in [4.78, 5) is 11.7. The van der Waals surface area contributed by atoms with Gasteiger partial charge in [-0.05, 0) is 42.5 Å². The van der Waals surface area contributed by atoms with Crippen molar-refractivity contribution >= 4 is 17.7 Å². The van der Waals surface area contributed by atoms with Crippen LogP contribution in [0.4, 0.5) is 0 Å². The van der Waals surface area contributed by atoms with E-state index in [0.717, 1.165) is 18.5 Å². The fourth-order valence-electron chi connectivity index (χ4n) is 1.87. The van der Waals surface area contributed by atoms with Crippen molar-refractivity contribution in [2.45, 2.75) is 32.1 Å². The predicted molar refractivity (Wildman–Crippen MR) is 81.7 cm³/mol. The number of benzene rings is 1. The second-order valence-electron chi connectivity index (χ2n) is 4.60. The molecule has 3 nitrogen and oxygen atoms in total. The SMILES string of the molecule is CSCCCCCCNC(=O)Cc1cccc(O)c1. The molecule has 0 heterocycles. The Morgan fingerprint density at radius 3 is 2.79 bits per heavy atom. The number of phenolic OH excluding ortho intramolecular Hbond substituents is 1. The topological polar surface area (TPSA) is 49.3 Å². The molecule has 0 aliphatic rings. The van der Waals surface area contributed by atoms with E-state index >= 15 is 0 Å². The number of amides is 1. The molecule has 0 fully saturated rings. The van der Waals surface area contributed by atoms with E-state index in [1.807, 2.05) is 17.8 Å². The summed E-state index contributed by atoms with van der Waals surface area (Å²) in [6, 6.07) is 6.84. The van der Waals surface area contributed by atoms with Crippen LogP contribution in [-0.4, -0.2) is 29.6 Å². The lowest BCUT2D eigenvalue weighted by molar-refractivity contribution is -0.120. The number of carbonyl (C=O) groups excluding carboxylic acids is 1. The van der Waals surface area contributed by atoms with Crippen molar-refractivity contribution in [1.29, 1.82) is 0 Å². The lowest BCUT2D eigenvalue weighted by Crippen LogP contribution is -2.26. The molecular formula is C15H23NO2S. The van der Waals surface area contributed by atoms with E-state index in [2.05, 4.69) is 11.6 Å². The maximum Gasteiger partial charge on any atom is 0.224 e. The first-order chi connectivity index (χ1) is 9.22. The fraction of sp³-hybridized carbons (Fsp3) is 0.533. The number of thioether (sulfide) groups is 1. The third-order valence-corrected chi connectivity index (χ3v) is 3.57. The Morgan fingerprint density at radius 1 is 1.26 bits per heavy atom. The Kier molecular flexibility index (Phi) is 8.14. The standard InChI is InChI=1S/C15H23NO2S/c1-19-10-5-3-2-4-9-16-15(18)12-13-7-6-8-14(17)11-13/h6-8,11,17H,2-5,9-10,12H2,1H3,(H,16,18). The Hall–Kier alpha value is -1.16. The minimum atomic E-state index is 0.0229. The van der Waals surface area contributed by atoms with Gasteiger partial charge >= 0.3 is 0 Å². The smallest absolute Gasteiger partial charge is 0.224 e. The van der Waals surface area contributed by atoms with Gasteiger partial charge in [0.15, 0.2) is 0 Å². The zero-order chi connectivity index (χ0) is 13.9. The lowest BCUT2D eigenvalue weighted by Gasteiger charge is -2.05. The Morgan fingerprint density at radius 2 is 2.05 bits per heavy atom. The van der Waals surface area contributed by atoms with E-state index in [-0.39, 0.29) is 11.7 Å². The molecule has 19 heavy (non-hydrogen) atoms. The highest BCUT2D eigenvalue weighted by Gasteiger charge is 2.03. The van der Waals surface area contributed by atoms with Crippen LogP contribution in [0, 0.1) is 0 Å². The highest BCUT2D eigenvalue weighted by molar-refractivity contribution is 7.98. The summed E-state index contributed by atoms with van der Waals surface area (Å²) in [5.41, 5.74) is 0.845. The van der Waals surface area contributed by atoms with Crippen LogP contribution < -0.4 is 5.32 Å². The van der Waals surface area contributed by atoms with Gasteiger partial charge in [-0.25, -0.2) is 0 Å². The number of hydrogen-bond donors (Lipinski definition) is 2. The normalized spacial score (nSPS) is 10.4. The van der Waals surface area contributed by atoms with Gasteiger partial charge < -0.3 is 10.4 Å². The van der Waals surface area contributed by atoms with E-state index in [9.17, 15) is 9.90 Å². The van der Waals surface area contributed by atoms with Gasteiger partial charge in [-0.1, -0.05) is 25.0 Å². The van der Waals surface area contributed by atoms with Crippen LogP contribution in [0.2, 0.25) is 0 Å². The molecule has 106 valence electrons. The van der Waals surface area contributed by atoms with Gasteiger partial charge in [0, 0.05) is 6.54 Å². The molecule has 0 aliphatic heterocycles. The maximum absolute atomic E-state index is 11.7. The van der Waals surface area contributed by atoms with Crippen LogP contribution in [0.3, 0.4) is 0 Å². The van der Waals surface area contributed by atoms with Crippen LogP contribution in [0.25, 0.3) is 0 Å². The number of rotatable bonds is 9. The third-order valence-electron chi connectivity index (χ3n) is 2.87. The molecule has 1 rings (SSSR count). The van der Waals surface area contributed by atoms with E-state index in [1.165, 1.54) is 25.0 Å². The summed E-state index contributed by atoms with van der Waals surface area (Å²) in [6.07, 6.45) is 7.18. The molecule has 1 aromatic carbocycles. The highest BCUT2D eigenvalue weighted by atomic mass is 32.2. The van der Waals surface area contributed by atoms with Crippen LogP contribution in [0.1, 0.15) is 31.2 Å². The third kappa shape index (κ3) is 7.78. The lowest BCUT2D eigenvalue weighted by atomic mass is 10.1. The quantitative estimate of drug-likeness (QED) is 0.684. The minimum Gasteiger partial charge on any atom is -0.508 e. The van der Waals surface area contributed by atoms with Crippen molar-refractivity contribution in [3.05, 3.63) is 29.8 Å². The molecular weight excluding hydrogens is 258 g/mol. The van der Waals surface area contributed by atoms with Gasteiger partial charge in [0.1, 0.15) is 5.75 Å². The Labute approximate surface area is 119 Å². The van der Waals surface area contributed by atoms with Crippen LogP contribution in [-0.2, 0) is 11.2 Å². The molecule has 2 N–H and O–H groups in total. The van der Waals surface area contributed by atoms with Gasteiger partial charge in [-0.2, -0.15) is 11.8 Å². The molecule has 0 aliphatic carbocycles. The predicted octanol–water partition coefficient (Wildman–Crippen LogP) is 2.97. The molecule has 4 heteroatoms. The molecule has 0 spiro atoms. The van der Waals surface area contributed by atoms with Gasteiger partial charge in [-0.15, -0.1) is 0 Å². The largest absolute Gasteiger partial charge is 0.508 e. The van der Waals surface area contributed by atoms with Crippen molar-refractivity contribution < 1.29 is 9.90 Å². The minimum absolute atomic E-state index is 0.0229. The number of unbranched alkanes of at least 4 members (excludes halogenated alkanes) is 3. The maximum atomic E-state index is 11.7. The van der Waals surface area contributed by atoms with Crippen LogP contribution in [0.5, 0.6) is 5.75 Å². The molecule has 0 atom stereocenters. The van der Waals surface area contributed by atoms with Crippen molar-refractivity contribution in [3.63, 3.8) is 0 Å².